The minimum absolute atomic E-state index is 0.0944. The molecule has 146 valence electrons. The number of rotatable bonds is 5. The third-order valence-electron chi connectivity index (χ3n) is 3.89. The molecule has 0 saturated carbocycles. The van der Waals surface area contributed by atoms with Gasteiger partial charge in [0.1, 0.15) is 11.6 Å². The Morgan fingerprint density at radius 3 is 2.54 bits per heavy atom. The first-order valence-corrected chi connectivity index (χ1v) is 8.73. The van der Waals surface area contributed by atoms with Crippen molar-refractivity contribution < 1.29 is 9.84 Å². The number of ether oxygens (including phenoxy) is 1. The predicted octanol–water partition coefficient (Wildman–Crippen LogP) is 2.85. The van der Waals surface area contributed by atoms with E-state index in [1.807, 2.05) is 0 Å². The number of pyridine rings is 2. The van der Waals surface area contributed by atoms with Crippen molar-refractivity contribution in [3.63, 3.8) is 0 Å². The van der Waals surface area contributed by atoms with E-state index in [4.69, 9.17) is 22.1 Å². The molecule has 3 aromatic rings. The highest BCUT2D eigenvalue weighted by Crippen LogP contribution is 2.32. The highest BCUT2D eigenvalue weighted by molar-refractivity contribution is 6.30. The van der Waals surface area contributed by atoms with Gasteiger partial charge in [0.05, 0.1) is 30.2 Å². The first-order valence-electron chi connectivity index (χ1n) is 8.35. The lowest BCUT2D eigenvalue weighted by molar-refractivity contribution is 0.0783. The number of nitrogens with zero attached hydrogens (tertiary/aromatic N) is 5. The SMILES string of the molecule is COc1cc(Nc2ncc(C(C)(C)O)cc2-c2nc(C)nc(N)n2)cnc1Cl. The summed E-state index contributed by atoms with van der Waals surface area (Å²) in [6.45, 7) is 5.06. The molecule has 0 fully saturated rings. The molecule has 10 heteroatoms. The van der Waals surface area contributed by atoms with Gasteiger partial charge in [-0.1, -0.05) is 11.6 Å². The van der Waals surface area contributed by atoms with Crippen molar-refractivity contribution in [3.05, 3.63) is 41.1 Å². The smallest absolute Gasteiger partial charge is 0.223 e. The van der Waals surface area contributed by atoms with Crippen molar-refractivity contribution in [2.75, 3.05) is 18.2 Å². The van der Waals surface area contributed by atoms with Crippen molar-refractivity contribution >= 4 is 29.1 Å². The monoisotopic (exact) mass is 401 g/mol. The fraction of sp³-hybridized carbons (Fsp3) is 0.278. The average Bonchev–Trinajstić information content (AvgIpc) is 2.62. The van der Waals surface area contributed by atoms with E-state index in [1.165, 1.54) is 7.11 Å². The molecule has 0 radical (unpaired) electrons. The zero-order valence-corrected chi connectivity index (χ0v) is 16.6. The van der Waals surface area contributed by atoms with Crippen LogP contribution in [-0.4, -0.2) is 37.1 Å². The summed E-state index contributed by atoms with van der Waals surface area (Å²) < 4.78 is 5.20. The van der Waals surface area contributed by atoms with Crippen LogP contribution in [0.5, 0.6) is 5.75 Å². The number of nitrogens with one attached hydrogen (secondary N) is 1. The van der Waals surface area contributed by atoms with Gasteiger partial charge >= 0.3 is 0 Å². The number of hydrogen-bond donors (Lipinski definition) is 3. The van der Waals surface area contributed by atoms with Crippen molar-refractivity contribution in [3.8, 4) is 17.1 Å². The van der Waals surface area contributed by atoms with Gasteiger partial charge < -0.3 is 20.9 Å². The van der Waals surface area contributed by atoms with Gasteiger partial charge in [0, 0.05) is 17.8 Å². The number of aliphatic hydroxyl groups is 1. The molecule has 0 atom stereocenters. The molecule has 3 rings (SSSR count). The van der Waals surface area contributed by atoms with Crippen LogP contribution in [-0.2, 0) is 5.60 Å². The largest absolute Gasteiger partial charge is 0.493 e. The van der Waals surface area contributed by atoms with Crippen molar-refractivity contribution in [2.24, 2.45) is 0 Å². The van der Waals surface area contributed by atoms with Crippen LogP contribution >= 0.6 is 11.6 Å². The summed E-state index contributed by atoms with van der Waals surface area (Å²) in [6, 6.07) is 3.45. The molecule has 0 aliphatic rings. The van der Waals surface area contributed by atoms with Crippen LogP contribution in [0.3, 0.4) is 0 Å². The van der Waals surface area contributed by atoms with E-state index in [0.29, 0.717) is 40.0 Å². The Labute approximate surface area is 167 Å². The zero-order valence-electron chi connectivity index (χ0n) is 15.9. The normalized spacial score (nSPS) is 11.4. The molecular formula is C18H20ClN7O2. The van der Waals surface area contributed by atoms with Gasteiger partial charge in [-0.2, -0.15) is 9.97 Å². The van der Waals surface area contributed by atoms with Gasteiger partial charge in [-0.3, -0.25) is 0 Å². The fourth-order valence-electron chi connectivity index (χ4n) is 2.47. The Bertz CT molecular complexity index is 1000. The second-order valence-electron chi connectivity index (χ2n) is 6.59. The number of nitrogens with two attached hydrogens (primary N) is 1. The van der Waals surface area contributed by atoms with Gasteiger partial charge in [-0.15, -0.1) is 0 Å². The molecule has 0 saturated heterocycles. The lowest BCUT2D eigenvalue weighted by atomic mass is 9.98. The zero-order chi connectivity index (χ0) is 20.5. The predicted molar refractivity (Wildman–Crippen MR) is 107 cm³/mol. The standard InChI is InChI=1S/C18H20ClN7O2/c1-9-23-16(26-17(20)24-9)12-5-10(18(2,3)27)7-22-15(12)25-11-6-13(28-4)14(19)21-8-11/h5-8,27H,1-4H3,(H,22,25)(H2,20,23,24,26). The Kier molecular flexibility index (Phi) is 5.30. The molecule has 0 spiro atoms. The van der Waals surface area contributed by atoms with Gasteiger partial charge in [-0.05, 0) is 26.8 Å². The van der Waals surface area contributed by atoms with Crippen LogP contribution in [0, 0.1) is 6.92 Å². The van der Waals surface area contributed by atoms with Crippen LogP contribution in [0.4, 0.5) is 17.5 Å². The molecule has 9 nitrogen and oxygen atoms in total. The van der Waals surface area contributed by atoms with Crippen LogP contribution in [0.25, 0.3) is 11.4 Å². The maximum Gasteiger partial charge on any atom is 0.223 e. The van der Waals surface area contributed by atoms with Gasteiger partial charge in [0.15, 0.2) is 16.7 Å². The molecule has 3 aromatic heterocycles. The summed E-state index contributed by atoms with van der Waals surface area (Å²) in [5.41, 5.74) is 6.43. The summed E-state index contributed by atoms with van der Waals surface area (Å²) >= 11 is 5.98. The van der Waals surface area contributed by atoms with E-state index in [9.17, 15) is 5.11 Å². The van der Waals surface area contributed by atoms with E-state index in [2.05, 4.69) is 30.2 Å². The second-order valence-corrected chi connectivity index (χ2v) is 6.94. The number of aromatic nitrogens is 5. The molecule has 0 aromatic carbocycles. The van der Waals surface area contributed by atoms with Gasteiger partial charge in [0.2, 0.25) is 5.95 Å². The summed E-state index contributed by atoms with van der Waals surface area (Å²) in [5.74, 6) is 1.76. The van der Waals surface area contributed by atoms with E-state index in [1.54, 1.807) is 45.3 Å². The Hall–Kier alpha value is -3.04. The van der Waals surface area contributed by atoms with Crippen LogP contribution in [0.2, 0.25) is 5.15 Å². The van der Waals surface area contributed by atoms with Crippen LogP contribution in [0.15, 0.2) is 24.5 Å². The van der Waals surface area contributed by atoms with Gasteiger partial charge in [0.25, 0.3) is 0 Å². The van der Waals surface area contributed by atoms with Crippen molar-refractivity contribution in [1.29, 1.82) is 0 Å². The minimum atomic E-state index is -1.10. The fourth-order valence-corrected chi connectivity index (χ4v) is 2.65. The number of aryl methyl sites for hydroxylation is 1. The number of nitrogen functional groups attached to an aromatic ring is 1. The molecule has 3 heterocycles. The maximum absolute atomic E-state index is 10.4. The topological polar surface area (TPSA) is 132 Å². The highest BCUT2D eigenvalue weighted by Gasteiger charge is 2.21. The average molecular weight is 402 g/mol. The number of anilines is 3. The van der Waals surface area contributed by atoms with Crippen LogP contribution in [0.1, 0.15) is 25.2 Å². The summed E-state index contributed by atoms with van der Waals surface area (Å²) in [4.78, 5) is 21.1. The molecule has 0 bridgehead atoms. The van der Waals surface area contributed by atoms with Gasteiger partial charge in [-0.25, -0.2) is 15.0 Å². The van der Waals surface area contributed by atoms with Crippen molar-refractivity contribution in [1.82, 2.24) is 24.9 Å². The Morgan fingerprint density at radius 2 is 1.89 bits per heavy atom. The first-order chi connectivity index (χ1) is 13.2. The Balaban J connectivity index is 2.12. The molecule has 0 aliphatic carbocycles. The minimum Gasteiger partial charge on any atom is -0.493 e. The third-order valence-corrected chi connectivity index (χ3v) is 4.17. The van der Waals surface area contributed by atoms with E-state index in [-0.39, 0.29) is 11.1 Å². The summed E-state index contributed by atoms with van der Waals surface area (Å²) in [7, 11) is 1.50. The molecule has 0 unspecified atom stereocenters. The number of halogens is 1. The van der Waals surface area contributed by atoms with E-state index in [0.717, 1.165) is 0 Å². The number of methoxy groups -OCH3 is 1. The molecule has 0 amide bonds. The lowest BCUT2D eigenvalue weighted by Gasteiger charge is -2.20. The summed E-state index contributed by atoms with van der Waals surface area (Å²) in [6.07, 6.45) is 3.12. The Morgan fingerprint density at radius 1 is 1.14 bits per heavy atom. The molecule has 28 heavy (non-hydrogen) atoms. The van der Waals surface area contributed by atoms with Crippen molar-refractivity contribution in [2.45, 2.75) is 26.4 Å². The lowest BCUT2D eigenvalue weighted by Crippen LogP contribution is -2.16. The van der Waals surface area contributed by atoms with E-state index >= 15 is 0 Å². The third kappa shape index (κ3) is 4.26. The quantitative estimate of drug-likeness (QED) is 0.552. The number of hydrogen-bond acceptors (Lipinski definition) is 9. The highest BCUT2D eigenvalue weighted by atomic mass is 35.5. The first kappa shape index (κ1) is 19.7. The molecule has 4 N–H and O–H groups in total. The molecular weight excluding hydrogens is 382 g/mol. The maximum atomic E-state index is 10.4. The molecule has 0 aliphatic heterocycles. The second kappa shape index (κ2) is 7.53. The van der Waals surface area contributed by atoms with E-state index < -0.39 is 5.60 Å². The summed E-state index contributed by atoms with van der Waals surface area (Å²) in [5, 5.41) is 13.8. The van der Waals surface area contributed by atoms with Crippen LogP contribution < -0.4 is 15.8 Å².